The summed E-state index contributed by atoms with van der Waals surface area (Å²) in [7, 11) is 0. The zero-order chi connectivity index (χ0) is 20.8. The number of aromatic nitrogens is 1. The van der Waals surface area contributed by atoms with Crippen molar-refractivity contribution >= 4 is 40.0 Å². The summed E-state index contributed by atoms with van der Waals surface area (Å²) < 4.78 is 0. The number of amides is 2. The lowest BCUT2D eigenvalue weighted by molar-refractivity contribution is -0.0583. The van der Waals surface area contributed by atoms with Crippen molar-refractivity contribution in [1.82, 2.24) is 10.0 Å². The summed E-state index contributed by atoms with van der Waals surface area (Å²) in [6.45, 7) is 1.91. The minimum atomic E-state index is -0.791. The van der Waals surface area contributed by atoms with E-state index in [1.807, 2.05) is 42.6 Å². The molecule has 146 valence electrons. The molecule has 3 heterocycles. The van der Waals surface area contributed by atoms with Crippen LogP contribution in [0.5, 0.6) is 0 Å². The van der Waals surface area contributed by atoms with Gasteiger partial charge in [-0.2, -0.15) is 0 Å². The Kier molecular flexibility index (Phi) is 4.18. The maximum atomic E-state index is 13.1. The number of benzene rings is 2. The lowest BCUT2D eigenvalue weighted by atomic mass is 10.0. The molecule has 2 aromatic carbocycles. The molecular formula is C23H14N2O4S. The maximum absolute atomic E-state index is 13.1. The number of hydrogen-bond acceptors (Lipinski definition) is 6. The largest absolute Gasteiger partial charge is 0.364 e. The number of hydroxylamine groups is 2. The van der Waals surface area contributed by atoms with Crippen LogP contribution >= 0.6 is 11.3 Å². The molecule has 0 atom stereocenters. The van der Waals surface area contributed by atoms with Crippen molar-refractivity contribution in [3.05, 3.63) is 88.3 Å². The maximum Gasteiger partial charge on any atom is 0.364 e. The molecule has 1 aliphatic rings. The molecule has 0 radical (unpaired) electrons. The van der Waals surface area contributed by atoms with Crippen LogP contribution < -0.4 is 0 Å². The van der Waals surface area contributed by atoms with Crippen molar-refractivity contribution in [1.29, 1.82) is 0 Å². The average molecular weight is 414 g/mol. The van der Waals surface area contributed by atoms with Crippen LogP contribution in [-0.4, -0.2) is 27.8 Å². The topological polar surface area (TPSA) is 76.6 Å². The summed E-state index contributed by atoms with van der Waals surface area (Å²) in [5.74, 6) is -2.10. The van der Waals surface area contributed by atoms with Gasteiger partial charge in [0, 0.05) is 5.39 Å². The lowest BCUT2D eigenvalue weighted by Gasteiger charge is -2.14. The summed E-state index contributed by atoms with van der Waals surface area (Å²) in [6.07, 6.45) is 0. The first-order valence-corrected chi connectivity index (χ1v) is 10.1. The van der Waals surface area contributed by atoms with E-state index in [0.29, 0.717) is 21.7 Å². The number of carbonyl (C=O) groups excluding carboxylic acids is 3. The fraction of sp³-hybridized carbons (Fsp3) is 0.0435. The molecule has 0 saturated heterocycles. The predicted molar refractivity (Wildman–Crippen MR) is 112 cm³/mol. The van der Waals surface area contributed by atoms with E-state index < -0.39 is 17.8 Å². The van der Waals surface area contributed by atoms with Crippen LogP contribution in [-0.2, 0) is 4.84 Å². The van der Waals surface area contributed by atoms with Crippen LogP contribution in [0, 0.1) is 6.92 Å². The highest BCUT2D eigenvalue weighted by Crippen LogP contribution is 2.30. The van der Waals surface area contributed by atoms with E-state index in [2.05, 4.69) is 4.98 Å². The molecule has 0 aliphatic carbocycles. The first kappa shape index (κ1) is 18.2. The molecule has 2 aromatic heterocycles. The van der Waals surface area contributed by atoms with E-state index in [9.17, 15) is 14.4 Å². The van der Waals surface area contributed by atoms with Gasteiger partial charge in [0.15, 0.2) is 0 Å². The third-order valence-corrected chi connectivity index (χ3v) is 5.78. The summed E-state index contributed by atoms with van der Waals surface area (Å²) in [6, 6.07) is 17.4. The first-order valence-electron chi connectivity index (χ1n) is 9.18. The molecule has 1 aliphatic heterocycles. The highest BCUT2D eigenvalue weighted by atomic mass is 32.1. The van der Waals surface area contributed by atoms with Crippen LogP contribution in [0.15, 0.2) is 66.0 Å². The van der Waals surface area contributed by atoms with E-state index in [1.165, 1.54) is 23.5 Å². The molecule has 0 saturated carbocycles. The summed E-state index contributed by atoms with van der Waals surface area (Å²) in [4.78, 5) is 49.1. The fourth-order valence-corrected chi connectivity index (χ4v) is 4.13. The van der Waals surface area contributed by atoms with Gasteiger partial charge in [0.05, 0.1) is 32.8 Å². The minimum Gasteiger partial charge on any atom is -0.324 e. The zero-order valence-electron chi connectivity index (χ0n) is 15.8. The van der Waals surface area contributed by atoms with Gasteiger partial charge >= 0.3 is 5.97 Å². The normalized spacial score (nSPS) is 13.0. The summed E-state index contributed by atoms with van der Waals surface area (Å²) >= 11 is 1.50. The zero-order valence-corrected chi connectivity index (χ0v) is 16.6. The summed E-state index contributed by atoms with van der Waals surface area (Å²) in [5, 5.41) is 3.05. The fourth-order valence-electron chi connectivity index (χ4n) is 3.44. The lowest BCUT2D eigenvalue weighted by Crippen LogP contribution is -2.32. The number of rotatable bonds is 3. The van der Waals surface area contributed by atoms with E-state index in [-0.39, 0.29) is 16.7 Å². The SMILES string of the molecule is Cc1ccc2nc(-c3cccs3)cc(C(=O)ON3C(=O)c4ccccc4C3=O)c2c1. The number of pyridine rings is 1. The van der Waals surface area contributed by atoms with E-state index in [1.54, 1.807) is 18.2 Å². The number of thiophene rings is 1. The molecule has 30 heavy (non-hydrogen) atoms. The van der Waals surface area contributed by atoms with Gasteiger partial charge in [0.2, 0.25) is 0 Å². The highest BCUT2D eigenvalue weighted by molar-refractivity contribution is 7.13. The molecule has 0 unspecified atom stereocenters. The van der Waals surface area contributed by atoms with Gasteiger partial charge in [0.1, 0.15) is 0 Å². The minimum absolute atomic E-state index is 0.213. The first-order chi connectivity index (χ1) is 14.5. The third kappa shape index (κ3) is 2.87. The predicted octanol–water partition coefficient (Wildman–Crippen LogP) is 4.64. The Morgan fingerprint density at radius 1 is 0.967 bits per heavy atom. The monoisotopic (exact) mass is 414 g/mol. The van der Waals surface area contributed by atoms with Crippen molar-refractivity contribution in [2.75, 3.05) is 0 Å². The van der Waals surface area contributed by atoms with Gasteiger partial charge in [-0.3, -0.25) is 9.59 Å². The van der Waals surface area contributed by atoms with Crippen LogP contribution in [0.2, 0.25) is 0 Å². The standard InChI is InChI=1S/C23H14N2O4S/c1-13-8-9-18-16(11-13)17(12-19(24-18)20-7-4-10-30-20)23(28)29-25-21(26)14-5-2-3-6-15(14)22(25)27/h2-12H,1H3. The van der Waals surface area contributed by atoms with Crippen molar-refractivity contribution in [2.45, 2.75) is 6.92 Å². The Bertz CT molecular complexity index is 1310. The second-order valence-corrected chi connectivity index (χ2v) is 7.83. The Labute approximate surface area is 175 Å². The Morgan fingerprint density at radius 3 is 2.37 bits per heavy atom. The molecule has 6 nitrogen and oxygen atoms in total. The van der Waals surface area contributed by atoms with Gasteiger partial charge < -0.3 is 4.84 Å². The molecule has 2 amide bonds. The summed E-state index contributed by atoms with van der Waals surface area (Å²) in [5.41, 5.74) is 2.86. The second kappa shape index (κ2) is 6.89. The van der Waals surface area contributed by atoms with Crippen molar-refractivity contribution in [2.24, 2.45) is 0 Å². The van der Waals surface area contributed by atoms with Crippen LogP contribution in [0.1, 0.15) is 36.6 Å². The molecule has 5 rings (SSSR count). The van der Waals surface area contributed by atoms with Crippen LogP contribution in [0.4, 0.5) is 0 Å². The number of fused-ring (bicyclic) bond motifs is 2. The molecule has 7 heteroatoms. The highest BCUT2D eigenvalue weighted by Gasteiger charge is 2.39. The molecule has 0 bridgehead atoms. The van der Waals surface area contributed by atoms with Crippen LogP contribution in [0.3, 0.4) is 0 Å². The number of aryl methyl sites for hydroxylation is 1. The van der Waals surface area contributed by atoms with Crippen molar-refractivity contribution in [3.8, 4) is 10.6 Å². The van der Waals surface area contributed by atoms with E-state index in [4.69, 9.17) is 4.84 Å². The number of carbonyl (C=O) groups is 3. The quantitative estimate of drug-likeness (QED) is 0.457. The molecule has 0 spiro atoms. The van der Waals surface area contributed by atoms with Gasteiger partial charge in [-0.15, -0.1) is 11.3 Å². The molecule has 0 fully saturated rings. The molecule has 4 aromatic rings. The van der Waals surface area contributed by atoms with Crippen molar-refractivity contribution < 1.29 is 19.2 Å². The average Bonchev–Trinajstić information content (AvgIpc) is 3.37. The Hall–Kier alpha value is -3.84. The smallest absolute Gasteiger partial charge is 0.324 e. The molecular weight excluding hydrogens is 400 g/mol. The van der Waals surface area contributed by atoms with Gasteiger partial charge in [-0.1, -0.05) is 34.9 Å². The second-order valence-electron chi connectivity index (χ2n) is 6.88. The third-order valence-electron chi connectivity index (χ3n) is 4.89. The number of nitrogens with zero attached hydrogens (tertiary/aromatic N) is 2. The van der Waals surface area contributed by atoms with Crippen molar-refractivity contribution in [3.63, 3.8) is 0 Å². The van der Waals surface area contributed by atoms with Gasteiger partial charge in [0.25, 0.3) is 11.8 Å². The Morgan fingerprint density at radius 2 is 1.70 bits per heavy atom. The number of imide groups is 1. The van der Waals surface area contributed by atoms with Gasteiger partial charge in [-0.05, 0) is 48.7 Å². The van der Waals surface area contributed by atoms with Crippen LogP contribution in [0.25, 0.3) is 21.5 Å². The van der Waals surface area contributed by atoms with E-state index >= 15 is 0 Å². The Balaban J connectivity index is 1.57. The number of hydrogen-bond donors (Lipinski definition) is 0. The molecule has 0 N–H and O–H groups in total. The van der Waals surface area contributed by atoms with E-state index in [0.717, 1.165) is 10.4 Å². The van der Waals surface area contributed by atoms with Gasteiger partial charge in [-0.25, -0.2) is 9.78 Å².